The maximum absolute atomic E-state index is 12.4. The van der Waals surface area contributed by atoms with Crippen LogP contribution in [0.15, 0.2) is 12.7 Å². The monoisotopic (exact) mass is 345 g/mol. The molecule has 24 heavy (non-hydrogen) atoms. The van der Waals surface area contributed by atoms with Crippen molar-refractivity contribution >= 4 is 34.2 Å². The van der Waals surface area contributed by atoms with Crippen LogP contribution >= 0.6 is 11.3 Å². The zero-order valence-corrected chi connectivity index (χ0v) is 14.8. The van der Waals surface area contributed by atoms with E-state index in [2.05, 4.69) is 30.2 Å². The average molecular weight is 345 g/mol. The number of aromatic nitrogens is 5. The summed E-state index contributed by atoms with van der Waals surface area (Å²) in [5, 5.41) is 4.02. The highest BCUT2D eigenvalue weighted by Crippen LogP contribution is 2.24. The van der Waals surface area contributed by atoms with Crippen molar-refractivity contribution in [2.75, 3.05) is 18.5 Å². The Morgan fingerprint density at radius 1 is 1.38 bits per heavy atom. The Kier molecular flexibility index (Phi) is 4.43. The largest absolute Gasteiger partial charge is 0.348 e. The molecule has 0 saturated carbocycles. The molecule has 126 valence electrons. The van der Waals surface area contributed by atoms with Crippen LogP contribution in [0, 0.1) is 13.8 Å². The number of anilines is 1. The lowest BCUT2D eigenvalue weighted by Crippen LogP contribution is -2.36. The van der Waals surface area contributed by atoms with Crippen molar-refractivity contribution in [3.05, 3.63) is 28.2 Å². The highest BCUT2D eigenvalue weighted by molar-refractivity contribution is 7.11. The van der Waals surface area contributed by atoms with E-state index in [-0.39, 0.29) is 18.5 Å². The van der Waals surface area contributed by atoms with Gasteiger partial charge in [0, 0.05) is 11.9 Å². The molecule has 8 nitrogen and oxygen atoms in total. The van der Waals surface area contributed by atoms with Crippen LogP contribution in [-0.4, -0.2) is 44.4 Å². The molecule has 0 saturated heterocycles. The van der Waals surface area contributed by atoms with Crippen LogP contribution in [0.25, 0.3) is 11.2 Å². The predicted octanol–water partition coefficient (Wildman–Crippen LogP) is 1.74. The number of nitrogens with one attached hydrogen (secondary N) is 2. The molecule has 3 aromatic rings. The second kappa shape index (κ2) is 6.52. The Hall–Kier alpha value is -2.55. The van der Waals surface area contributed by atoms with Crippen molar-refractivity contribution in [2.24, 2.45) is 0 Å². The fourth-order valence-electron chi connectivity index (χ4n) is 2.63. The minimum Gasteiger partial charge on any atom is -0.348 e. The second-order valence-corrected chi connectivity index (χ2v) is 6.86. The molecule has 1 atom stereocenters. The molecule has 0 radical (unpaired) electrons. The van der Waals surface area contributed by atoms with E-state index in [0.29, 0.717) is 11.5 Å². The molecule has 3 aromatic heterocycles. The van der Waals surface area contributed by atoms with Crippen LogP contribution in [0.3, 0.4) is 0 Å². The first-order valence-corrected chi connectivity index (χ1v) is 8.36. The van der Waals surface area contributed by atoms with E-state index >= 15 is 0 Å². The zero-order valence-electron chi connectivity index (χ0n) is 14.0. The molecule has 0 aliphatic carbocycles. The number of thiazole rings is 1. The van der Waals surface area contributed by atoms with E-state index in [9.17, 15) is 4.79 Å². The average Bonchev–Trinajstić information content (AvgIpc) is 3.12. The molecule has 0 fully saturated rings. The van der Waals surface area contributed by atoms with Gasteiger partial charge in [-0.3, -0.25) is 4.79 Å². The van der Waals surface area contributed by atoms with Crippen molar-refractivity contribution in [1.29, 1.82) is 0 Å². The van der Waals surface area contributed by atoms with Gasteiger partial charge in [0.25, 0.3) is 0 Å². The Morgan fingerprint density at radius 2 is 2.17 bits per heavy atom. The molecule has 0 spiro atoms. The number of aromatic amines is 1. The number of nitrogens with zero attached hydrogens (tertiary/aromatic N) is 5. The van der Waals surface area contributed by atoms with Crippen LogP contribution < -0.4 is 10.2 Å². The lowest BCUT2D eigenvalue weighted by atomic mass is 10.2. The minimum atomic E-state index is -0.0817. The number of carbonyl (C=O) groups excluding carboxylic acids is 1. The van der Waals surface area contributed by atoms with Gasteiger partial charge >= 0.3 is 0 Å². The molecular formula is C15H19N7OS. The van der Waals surface area contributed by atoms with Gasteiger partial charge in [0.15, 0.2) is 11.5 Å². The second-order valence-electron chi connectivity index (χ2n) is 5.63. The van der Waals surface area contributed by atoms with E-state index in [0.717, 1.165) is 21.1 Å². The quantitative estimate of drug-likeness (QED) is 0.731. The maximum atomic E-state index is 12.4. The van der Waals surface area contributed by atoms with Gasteiger partial charge in [0.1, 0.15) is 11.8 Å². The number of imidazole rings is 1. The fraction of sp³-hybridized carbons (Fsp3) is 0.400. The summed E-state index contributed by atoms with van der Waals surface area (Å²) in [6.07, 6.45) is 3.01. The van der Waals surface area contributed by atoms with Crippen molar-refractivity contribution in [2.45, 2.75) is 26.8 Å². The van der Waals surface area contributed by atoms with E-state index in [1.807, 2.05) is 27.8 Å². The van der Waals surface area contributed by atoms with Gasteiger partial charge < -0.3 is 15.2 Å². The van der Waals surface area contributed by atoms with Gasteiger partial charge in [-0.1, -0.05) is 0 Å². The van der Waals surface area contributed by atoms with Gasteiger partial charge in [0.05, 0.1) is 29.6 Å². The standard InChI is InChI=1S/C15H19N7OS/c1-8-13(24-10(3)20-8)9(2)21-11(23)5-22(4)15-12-14(17-6-16-12)18-7-19-15/h6-7,9H,5H2,1-4H3,(H,21,23)(H,16,17,18,19)/t9-/m1/s1. The van der Waals surface area contributed by atoms with Gasteiger partial charge in [-0.05, 0) is 20.8 Å². The molecule has 2 N–H and O–H groups in total. The van der Waals surface area contributed by atoms with E-state index in [1.54, 1.807) is 22.6 Å². The van der Waals surface area contributed by atoms with Gasteiger partial charge in [-0.2, -0.15) is 0 Å². The fourth-order valence-corrected chi connectivity index (χ4v) is 3.56. The first kappa shape index (κ1) is 16.3. The van der Waals surface area contributed by atoms with Gasteiger partial charge in [0.2, 0.25) is 5.91 Å². The van der Waals surface area contributed by atoms with Crippen LogP contribution in [0.4, 0.5) is 5.82 Å². The normalized spacial score (nSPS) is 12.3. The summed E-state index contributed by atoms with van der Waals surface area (Å²) < 4.78 is 0. The van der Waals surface area contributed by atoms with Crippen molar-refractivity contribution < 1.29 is 4.79 Å². The van der Waals surface area contributed by atoms with Crippen LogP contribution in [0.1, 0.15) is 28.5 Å². The summed E-state index contributed by atoms with van der Waals surface area (Å²) in [5.41, 5.74) is 2.26. The third-order valence-electron chi connectivity index (χ3n) is 3.66. The zero-order chi connectivity index (χ0) is 17.3. The van der Waals surface area contributed by atoms with Crippen LogP contribution in [0.2, 0.25) is 0 Å². The minimum absolute atomic E-state index is 0.0744. The summed E-state index contributed by atoms with van der Waals surface area (Å²) in [4.78, 5) is 35.1. The Morgan fingerprint density at radius 3 is 2.88 bits per heavy atom. The lowest BCUT2D eigenvalue weighted by Gasteiger charge is -2.19. The molecule has 0 unspecified atom stereocenters. The van der Waals surface area contributed by atoms with Crippen molar-refractivity contribution in [3.63, 3.8) is 0 Å². The number of amides is 1. The summed E-state index contributed by atoms with van der Waals surface area (Å²) in [7, 11) is 1.81. The smallest absolute Gasteiger partial charge is 0.240 e. The number of aryl methyl sites for hydroxylation is 2. The Balaban J connectivity index is 1.68. The number of hydrogen-bond acceptors (Lipinski definition) is 7. The molecule has 0 aliphatic heterocycles. The highest BCUT2D eigenvalue weighted by atomic mass is 32.1. The Bertz CT molecular complexity index is 872. The number of carbonyl (C=O) groups is 1. The summed E-state index contributed by atoms with van der Waals surface area (Å²) in [5.74, 6) is 0.562. The molecule has 3 heterocycles. The third kappa shape index (κ3) is 3.21. The summed E-state index contributed by atoms with van der Waals surface area (Å²) >= 11 is 1.61. The van der Waals surface area contributed by atoms with Gasteiger partial charge in [-0.15, -0.1) is 11.3 Å². The van der Waals surface area contributed by atoms with Crippen LogP contribution in [-0.2, 0) is 4.79 Å². The van der Waals surface area contributed by atoms with E-state index in [1.165, 1.54) is 6.33 Å². The molecule has 0 aliphatic rings. The number of hydrogen-bond donors (Lipinski definition) is 2. The highest BCUT2D eigenvalue weighted by Gasteiger charge is 2.18. The van der Waals surface area contributed by atoms with Crippen LogP contribution in [0.5, 0.6) is 0 Å². The molecule has 0 aromatic carbocycles. The number of fused-ring (bicyclic) bond motifs is 1. The lowest BCUT2D eigenvalue weighted by molar-refractivity contribution is -0.120. The van der Waals surface area contributed by atoms with E-state index < -0.39 is 0 Å². The molecule has 3 rings (SSSR count). The maximum Gasteiger partial charge on any atom is 0.240 e. The van der Waals surface area contributed by atoms with Crippen molar-refractivity contribution in [1.82, 2.24) is 30.2 Å². The van der Waals surface area contributed by atoms with Crippen molar-refractivity contribution in [3.8, 4) is 0 Å². The van der Waals surface area contributed by atoms with Gasteiger partial charge in [-0.25, -0.2) is 19.9 Å². The SMILES string of the molecule is Cc1nc(C)c([C@@H](C)NC(=O)CN(C)c2ncnc3nc[nH]c23)s1. The van der Waals surface area contributed by atoms with E-state index in [4.69, 9.17) is 0 Å². The molecule has 1 amide bonds. The molecule has 0 bridgehead atoms. The summed E-state index contributed by atoms with van der Waals surface area (Å²) in [6, 6.07) is -0.0744. The number of H-pyrrole nitrogens is 1. The molecule has 9 heteroatoms. The Labute approximate surface area is 143 Å². The first-order chi connectivity index (χ1) is 11.5. The third-order valence-corrected chi connectivity index (χ3v) is 4.91. The topological polar surface area (TPSA) is 99.7 Å². The predicted molar refractivity (Wildman–Crippen MR) is 93.1 cm³/mol. The molecular weight excluding hydrogens is 326 g/mol. The first-order valence-electron chi connectivity index (χ1n) is 7.54. The number of likely N-dealkylation sites (N-methyl/N-ethyl adjacent to an activating group) is 1. The number of rotatable bonds is 5. The summed E-state index contributed by atoms with van der Waals surface area (Å²) in [6.45, 7) is 6.08.